The highest BCUT2D eigenvalue weighted by atomic mass is 35.5. The summed E-state index contributed by atoms with van der Waals surface area (Å²) in [5.74, 6) is -0.654. The first-order valence-electron chi connectivity index (χ1n) is 4.85. The molecular formula is C11H11ClN2O3. The van der Waals surface area contributed by atoms with E-state index in [-0.39, 0.29) is 17.3 Å². The molecule has 1 rings (SSSR count). The quantitative estimate of drug-likeness (QED) is 0.294. The van der Waals surface area contributed by atoms with Crippen LogP contribution in [0.2, 0.25) is 5.15 Å². The second-order valence-corrected chi connectivity index (χ2v) is 3.23. The molecule has 1 N–H and O–H groups in total. The highest BCUT2D eigenvalue weighted by molar-refractivity contribution is 6.31. The van der Waals surface area contributed by atoms with Gasteiger partial charge < -0.3 is 9.84 Å². The number of hydrogen-bond acceptors (Lipinski definition) is 5. The van der Waals surface area contributed by atoms with Crippen molar-refractivity contribution >= 4 is 29.5 Å². The zero-order chi connectivity index (χ0) is 12.7. The third kappa shape index (κ3) is 3.88. The fourth-order valence-electron chi connectivity index (χ4n) is 0.966. The Morgan fingerprint density at radius 3 is 3.06 bits per heavy atom. The van der Waals surface area contributed by atoms with Gasteiger partial charge in [0.05, 0.1) is 12.9 Å². The molecule has 0 saturated carbocycles. The Morgan fingerprint density at radius 1 is 1.71 bits per heavy atom. The zero-order valence-electron chi connectivity index (χ0n) is 9.13. The van der Waals surface area contributed by atoms with Crippen LogP contribution in [0.1, 0.15) is 6.92 Å². The summed E-state index contributed by atoms with van der Waals surface area (Å²) < 4.78 is 4.71. The third-order valence-electron chi connectivity index (χ3n) is 1.73. The molecule has 17 heavy (non-hydrogen) atoms. The molecule has 0 aromatic carbocycles. The lowest BCUT2D eigenvalue weighted by Gasteiger charge is -2.00. The Bertz CT molecular complexity index is 458. The van der Waals surface area contributed by atoms with E-state index in [1.807, 2.05) is 0 Å². The lowest BCUT2D eigenvalue weighted by molar-refractivity contribution is -0.137. The van der Waals surface area contributed by atoms with Gasteiger partial charge in [0, 0.05) is 12.4 Å². The van der Waals surface area contributed by atoms with Gasteiger partial charge in [0.1, 0.15) is 11.3 Å². The Balaban J connectivity index is 2.83. The number of carbonyl (C=O) groups excluding carboxylic acids is 1. The van der Waals surface area contributed by atoms with E-state index in [0.717, 1.165) is 0 Å². The number of ether oxygens (including phenoxy) is 1. The standard InChI is InChI=1S/C11H11ClN2O3/c1-2-17-11(16)8(7-15)6-14-9-4-3-5-13-10(9)12/h3-7,15H,2H2,1H3. The van der Waals surface area contributed by atoms with Crippen molar-refractivity contribution in [2.75, 3.05) is 6.61 Å². The fourth-order valence-corrected chi connectivity index (χ4v) is 1.13. The number of aliphatic hydroxyl groups is 1. The molecule has 0 saturated heterocycles. The maximum Gasteiger partial charge on any atom is 0.342 e. The monoisotopic (exact) mass is 254 g/mol. The summed E-state index contributed by atoms with van der Waals surface area (Å²) in [5.41, 5.74) is 0.338. The average molecular weight is 255 g/mol. The Labute approximate surface area is 103 Å². The number of esters is 1. The van der Waals surface area contributed by atoms with Crippen molar-refractivity contribution in [2.45, 2.75) is 6.92 Å². The van der Waals surface area contributed by atoms with Crippen molar-refractivity contribution in [3.8, 4) is 0 Å². The molecule has 1 aromatic rings. The Kier molecular flexibility index (Phi) is 5.16. The van der Waals surface area contributed by atoms with Gasteiger partial charge in [-0.2, -0.15) is 0 Å². The lowest BCUT2D eigenvalue weighted by Crippen LogP contribution is -2.08. The number of nitrogens with zero attached hydrogens (tertiary/aromatic N) is 2. The van der Waals surface area contributed by atoms with Crippen LogP contribution in [0, 0.1) is 0 Å². The number of carbonyl (C=O) groups is 1. The van der Waals surface area contributed by atoms with Gasteiger partial charge in [0.25, 0.3) is 0 Å². The molecule has 0 aliphatic rings. The zero-order valence-corrected chi connectivity index (χ0v) is 9.89. The van der Waals surface area contributed by atoms with Crippen LogP contribution in [-0.4, -0.2) is 28.9 Å². The Hall–Kier alpha value is -1.88. The molecule has 0 aliphatic carbocycles. The van der Waals surface area contributed by atoms with E-state index in [4.69, 9.17) is 21.4 Å². The van der Waals surface area contributed by atoms with Crippen LogP contribution < -0.4 is 0 Å². The van der Waals surface area contributed by atoms with Crippen LogP contribution in [0.3, 0.4) is 0 Å². The number of halogens is 1. The van der Waals surface area contributed by atoms with Crippen molar-refractivity contribution < 1.29 is 14.6 Å². The van der Waals surface area contributed by atoms with E-state index in [2.05, 4.69) is 9.98 Å². The highest BCUT2D eigenvalue weighted by Gasteiger charge is 2.08. The van der Waals surface area contributed by atoms with Crippen molar-refractivity contribution in [3.63, 3.8) is 0 Å². The maximum atomic E-state index is 11.3. The largest absolute Gasteiger partial charge is 0.515 e. The molecular weight excluding hydrogens is 244 g/mol. The summed E-state index contributed by atoms with van der Waals surface area (Å²) in [4.78, 5) is 19.0. The number of hydrogen-bond donors (Lipinski definition) is 1. The molecule has 1 aromatic heterocycles. The van der Waals surface area contributed by atoms with Gasteiger partial charge in [-0.25, -0.2) is 9.78 Å². The summed E-state index contributed by atoms with van der Waals surface area (Å²) in [7, 11) is 0. The fraction of sp³-hybridized carbons (Fsp3) is 0.182. The summed E-state index contributed by atoms with van der Waals surface area (Å²) in [5, 5.41) is 9.08. The number of pyridine rings is 1. The van der Waals surface area contributed by atoms with Gasteiger partial charge in [-0.05, 0) is 19.1 Å². The number of aliphatic imine (C=N–C) groups is 1. The van der Waals surface area contributed by atoms with Gasteiger partial charge in [0.15, 0.2) is 5.15 Å². The van der Waals surface area contributed by atoms with Crippen LogP contribution in [-0.2, 0) is 9.53 Å². The second-order valence-electron chi connectivity index (χ2n) is 2.88. The third-order valence-corrected chi connectivity index (χ3v) is 2.02. The molecule has 0 atom stereocenters. The van der Waals surface area contributed by atoms with Gasteiger partial charge in [-0.15, -0.1) is 0 Å². The van der Waals surface area contributed by atoms with Crippen LogP contribution in [0.5, 0.6) is 0 Å². The molecule has 5 nitrogen and oxygen atoms in total. The molecule has 90 valence electrons. The first-order valence-corrected chi connectivity index (χ1v) is 5.23. The van der Waals surface area contributed by atoms with Gasteiger partial charge >= 0.3 is 5.97 Å². The molecule has 0 bridgehead atoms. The SMILES string of the molecule is CCOC(=O)C(C=Nc1cccnc1Cl)=CO. The molecule has 6 heteroatoms. The van der Waals surface area contributed by atoms with Crippen LogP contribution >= 0.6 is 11.6 Å². The maximum absolute atomic E-state index is 11.3. The van der Waals surface area contributed by atoms with E-state index in [0.29, 0.717) is 11.9 Å². The normalized spacial score (nSPS) is 11.8. The minimum Gasteiger partial charge on any atom is -0.515 e. The molecule has 0 unspecified atom stereocenters. The highest BCUT2D eigenvalue weighted by Crippen LogP contribution is 2.20. The minimum atomic E-state index is -0.654. The lowest BCUT2D eigenvalue weighted by atomic mass is 10.3. The molecule has 0 spiro atoms. The smallest absolute Gasteiger partial charge is 0.342 e. The van der Waals surface area contributed by atoms with E-state index < -0.39 is 5.97 Å². The van der Waals surface area contributed by atoms with Crippen molar-refractivity contribution in [1.29, 1.82) is 0 Å². The van der Waals surface area contributed by atoms with Crippen molar-refractivity contribution in [2.24, 2.45) is 4.99 Å². The second kappa shape index (κ2) is 6.65. The van der Waals surface area contributed by atoms with Gasteiger partial charge in [-0.3, -0.25) is 4.99 Å². The van der Waals surface area contributed by atoms with E-state index in [1.54, 1.807) is 19.1 Å². The van der Waals surface area contributed by atoms with Crippen LogP contribution in [0.4, 0.5) is 5.69 Å². The topological polar surface area (TPSA) is 71.8 Å². The molecule has 0 radical (unpaired) electrons. The summed E-state index contributed by atoms with van der Waals surface area (Å²) in [6.07, 6.45) is 3.32. The van der Waals surface area contributed by atoms with Crippen LogP contribution in [0.25, 0.3) is 0 Å². The van der Waals surface area contributed by atoms with Gasteiger partial charge in [-0.1, -0.05) is 11.6 Å². The van der Waals surface area contributed by atoms with E-state index >= 15 is 0 Å². The molecule has 0 fully saturated rings. The van der Waals surface area contributed by atoms with E-state index in [9.17, 15) is 4.79 Å². The summed E-state index contributed by atoms with van der Waals surface area (Å²) >= 11 is 5.77. The summed E-state index contributed by atoms with van der Waals surface area (Å²) in [6, 6.07) is 3.29. The van der Waals surface area contributed by atoms with Crippen molar-refractivity contribution in [3.05, 3.63) is 35.3 Å². The Morgan fingerprint density at radius 2 is 2.47 bits per heavy atom. The predicted molar refractivity (Wildman–Crippen MR) is 64.7 cm³/mol. The summed E-state index contributed by atoms with van der Waals surface area (Å²) in [6.45, 7) is 1.89. The molecule has 0 amide bonds. The average Bonchev–Trinajstić information content (AvgIpc) is 2.32. The molecule has 0 aliphatic heterocycles. The minimum absolute atomic E-state index is 0.0632. The van der Waals surface area contributed by atoms with Crippen molar-refractivity contribution in [1.82, 2.24) is 4.98 Å². The van der Waals surface area contributed by atoms with Crippen LogP contribution in [0.15, 0.2) is 35.2 Å². The van der Waals surface area contributed by atoms with E-state index in [1.165, 1.54) is 12.4 Å². The number of aliphatic hydroxyl groups excluding tert-OH is 1. The first-order chi connectivity index (χ1) is 8.19. The number of aromatic nitrogens is 1. The first kappa shape index (κ1) is 13.2. The molecule has 1 heterocycles. The van der Waals surface area contributed by atoms with Gasteiger partial charge in [0.2, 0.25) is 0 Å². The number of rotatable bonds is 4. The predicted octanol–water partition coefficient (Wildman–Crippen LogP) is 2.44.